The first-order valence-electron chi connectivity index (χ1n) is 7.79. The monoisotopic (exact) mass is 358 g/mol. The zero-order chi connectivity index (χ0) is 17.1. The summed E-state index contributed by atoms with van der Waals surface area (Å²) in [4.78, 5) is 27.4. The molecule has 4 nitrogen and oxygen atoms in total. The van der Waals surface area contributed by atoms with Gasteiger partial charge in [-0.15, -0.1) is 0 Å². The quantitative estimate of drug-likeness (QED) is 0.774. The van der Waals surface area contributed by atoms with E-state index < -0.39 is 9.74 Å². The standard InChI is InChI=1S/C18H18N2O2S2/c1-17-15(21)20(3)18(24-23-17,16(22)19(17)2)11-12-8-9-13-6-4-5-7-14(13)10-12/h4-10H,11H2,1-3H3. The number of nitrogens with zero attached hydrogens (tertiary/aromatic N) is 2. The van der Waals surface area contributed by atoms with Crippen LogP contribution in [0.15, 0.2) is 42.5 Å². The van der Waals surface area contributed by atoms with Crippen LogP contribution in [-0.4, -0.2) is 45.5 Å². The van der Waals surface area contributed by atoms with Crippen LogP contribution in [0.1, 0.15) is 12.5 Å². The highest BCUT2D eigenvalue weighted by Crippen LogP contribution is 2.58. The van der Waals surface area contributed by atoms with E-state index in [1.54, 1.807) is 23.9 Å². The molecule has 2 atom stereocenters. The topological polar surface area (TPSA) is 40.6 Å². The fourth-order valence-electron chi connectivity index (χ4n) is 3.40. The molecule has 2 aromatic carbocycles. The molecule has 0 saturated carbocycles. The van der Waals surface area contributed by atoms with Crippen molar-refractivity contribution in [1.29, 1.82) is 0 Å². The van der Waals surface area contributed by atoms with E-state index >= 15 is 0 Å². The average Bonchev–Trinajstić information content (AvgIpc) is 2.60. The summed E-state index contributed by atoms with van der Waals surface area (Å²) >= 11 is 0. The fourth-order valence-corrected chi connectivity index (χ4v) is 6.91. The van der Waals surface area contributed by atoms with Crippen LogP contribution in [0.2, 0.25) is 0 Å². The van der Waals surface area contributed by atoms with Gasteiger partial charge in [-0.1, -0.05) is 64.1 Å². The van der Waals surface area contributed by atoms with Gasteiger partial charge in [-0.3, -0.25) is 9.59 Å². The maximum Gasteiger partial charge on any atom is 0.261 e. The van der Waals surface area contributed by atoms with Gasteiger partial charge in [-0.25, -0.2) is 0 Å². The van der Waals surface area contributed by atoms with E-state index in [0.29, 0.717) is 6.42 Å². The summed E-state index contributed by atoms with van der Waals surface area (Å²) in [5, 5.41) is 2.32. The highest BCUT2D eigenvalue weighted by molar-refractivity contribution is 8.78. The Morgan fingerprint density at radius 3 is 2.38 bits per heavy atom. The lowest BCUT2D eigenvalue weighted by atomic mass is 9.96. The number of hydrogen-bond acceptors (Lipinski definition) is 4. The Bertz CT molecular complexity index is 871. The lowest BCUT2D eigenvalue weighted by molar-refractivity contribution is -0.162. The number of likely N-dealkylation sites (N-methyl/N-ethyl adjacent to an activating group) is 2. The van der Waals surface area contributed by atoms with Gasteiger partial charge in [0.25, 0.3) is 11.8 Å². The number of fused-ring (bicyclic) bond motifs is 4. The molecule has 3 heterocycles. The van der Waals surface area contributed by atoms with Gasteiger partial charge in [0.2, 0.25) is 0 Å². The first-order chi connectivity index (χ1) is 11.4. The highest BCUT2D eigenvalue weighted by Gasteiger charge is 2.65. The van der Waals surface area contributed by atoms with E-state index in [1.807, 2.05) is 19.1 Å². The Hall–Kier alpha value is -1.66. The van der Waals surface area contributed by atoms with Crippen molar-refractivity contribution in [2.75, 3.05) is 14.1 Å². The minimum absolute atomic E-state index is 0.00371. The lowest BCUT2D eigenvalue weighted by Crippen LogP contribution is -2.75. The molecule has 0 N–H and O–H groups in total. The molecule has 0 radical (unpaired) electrons. The van der Waals surface area contributed by atoms with E-state index in [4.69, 9.17) is 0 Å². The molecule has 0 spiro atoms. The third-order valence-corrected chi connectivity index (χ3v) is 8.90. The Kier molecular flexibility index (Phi) is 3.41. The van der Waals surface area contributed by atoms with E-state index in [1.165, 1.54) is 27.0 Å². The molecule has 0 aromatic heterocycles. The van der Waals surface area contributed by atoms with Crippen LogP contribution in [0.5, 0.6) is 0 Å². The summed E-state index contributed by atoms with van der Waals surface area (Å²) in [6, 6.07) is 14.4. The third kappa shape index (κ3) is 1.96. The largest absolute Gasteiger partial charge is 0.319 e. The molecule has 5 rings (SSSR count). The molecule has 3 aliphatic rings. The Labute approximate surface area is 149 Å². The minimum Gasteiger partial charge on any atom is -0.319 e. The summed E-state index contributed by atoms with van der Waals surface area (Å²) in [5.74, 6) is -0.00172. The van der Waals surface area contributed by atoms with Gasteiger partial charge >= 0.3 is 0 Å². The number of piperazine rings is 1. The second-order valence-corrected chi connectivity index (χ2v) is 9.32. The zero-order valence-electron chi connectivity index (χ0n) is 13.8. The zero-order valence-corrected chi connectivity index (χ0v) is 15.4. The molecule has 2 unspecified atom stereocenters. The van der Waals surface area contributed by atoms with Gasteiger partial charge in [0.1, 0.15) is 0 Å². The SMILES string of the molecule is CN1C(=O)C2(Cc3ccc4ccccc4c3)SSC1(C)C(=O)N2C. The van der Waals surface area contributed by atoms with Crippen LogP contribution in [0.3, 0.4) is 0 Å². The van der Waals surface area contributed by atoms with E-state index in [-0.39, 0.29) is 11.8 Å². The van der Waals surface area contributed by atoms with Crippen molar-refractivity contribution in [3.63, 3.8) is 0 Å². The molecule has 24 heavy (non-hydrogen) atoms. The van der Waals surface area contributed by atoms with Crippen molar-refractivity contribution >= 4 is 44.2 Å². The van der Waals surface area contributed by atoms with E-state index in [0.717, 1.165) is 10.9 Å². The molecule has 2 aromatic rings. The van der Waals surface area contributed by atoms with E-state index in [9.17, 15) is 9.59 Å². The van der Waals surface area contributed by atoms with Gasteiger partial charge < -0.3 is 9.80 Å². The average molecular weight is 358 g/mol. The van der Waals surface area contributed by atoms with Gasteiger partial charge in [0.15, 0.2) is 9.74 Å². The maximum absolute atomic E-state index is 13.0. The first kappa shape index (κ1) is 15.8. The molecule has 3 saturated heterocycles. The maximum atomic E-state index is 13.0. The third-order valence-electron chi connectivity index (χ3n) is 5.12. The van der Waals surface area contributed by atoms with Crippen molar-refractivity contribution < 1.29 is 9.59 Å². The number of hydrogen-bond donors (Lipinski definition) is 0. The van der Waals surface area contributed by atoms with Crippen LogP contribution in [-0.2, 0) is 16.0 Å². The normalized spacial score (nSPS) is 29.6. The molecule has 2 bridgehead atoms. The fraction of sp³-hybridized carbons (Fsp3) is 0.333. The van der Waals surface area contributed by atoms with Crippen molar-refractivity contribution in [3.8, 4) is 0 Å². The number of carbonyl (C=O) groups excluding carboxylic acids is 2. The van der Waals surface area contributed by atoms with Crippen molar-refractivity contribution in [1.82, 2.24) is 9.80 Å². The van der Waals surface area contributed by atoms with Crippen molar-refractivity contribution in [2.45, 2.75) is 23.1 Å². The smallest absolute Gasteiger partial charge is 0.261 e. The second-order valence-electron chi connectivity index (χ2n) is 6.52. The highest BCUT2D eigenvalue weighted by atomic mass is 33.1. The van der Waals surface area contributed by atoms with Crippen LogP contribution in [0, 0.1) is 0 Å². The molecular weight excluding hydrogens is 340 g/mol. The molecule has 0 aliphatic carbocycles. The predicted octanol–water partition coefficient (Wildman–Crippen LogP) is 3.12. The number of benzene rings is 2. The van der Waals surface area contributed by atoms with E-state index in [2.05, 4.69) is 30.3 Å². The van der Waals surface area contributed by atoms with Gasteiger partial charge in [-0.05, 0) is 23.3 Å². The summed E-state index contributed by atoms with van der Waals surface area (Å²) < 4.78 is 0. The van der Waals surface area contributed by atoms with Gasteiger partial charge in [-0.2, -0.15) is 0 Å². The van der Waals surface area contributed by atoms with Crippen LogP contribution in [0.25, 0.3) is 10.8 Å². The molecule has 124 valence electrons. The number of carbonyl (C=O) groups is 2. The molecule has 2 amide bonds. The summed E-state index contributed by atoms with van der Waals surface area (Å²) in [6.07, 6.45) is 0.511. The van der Waals surface area contributed by atoms with Crippen LogP contribution in [0.4, 0.5) is 0 Å². The summed E-state index contributed by atoms with van der Waals surface area (Å²) in [7, 11) is 6.49. The molecule has 3 aliphatic heterocycles. The van der Waals surface area contributed by atoms with Crippen LogP contribution >= 0.6 is 21.6 Å². The number of rotatable bonds is 2. The Morgan fingerprint density at radius 1 is 0.917 bits per heavy atom. The Balaban J connectivity index is 1.76. The van der Waals surface area contributed by atoms with Crippen molar-refractivity contribution in [3.05, 3.63) is 48.0 Å². The first-order valence-corrected chi connectivity index (χ1v) is 9.94. The molecular formula is C18H18N2O2S2. The van der Waals surface area contributed by atoms with Gasteiger partial charge in [0.05, 0.1) is 0 Å². The lowest BCUT2D eigenvalue weighted by Gasteiger charge is -2.58. The second kappa shape index (κ2) is 5.17. The summed E-state index contributed by atoms with van der Waals surface area (Å²) in [6.45, 7) is 1.82. The van der Waals surface area contributed by atoms with Crippen LogP contribution < -0.4 is 0 Å². The molecule has 3 fully saturated rings. The van der Waals surface area contributed by atoms with Crippen molar-refractivity contribution in [2.24, 2.45) is 0 Å². The number of amides is 2. The molecule has 6 heteroatoms. The summed E-state index contributed by atoms with van der Waals surface area (Å²) in [5.41, 5.74) is 1.06. The predicted molar refractivity (Wildman–Crippen MR) is 99.5 cm³/mol. The Morgan fingerprint density at radius 2 is 1.62 bits per heavy atom. The minimum atomic E-state index is -0.864. The van der Waals surface area contributed by atoms with Gasteiger partial charge in [0, 0.05) is 20.5 Å².